The Bertz CT molecular complexity index is 1680. The maximum atomic E-state index is 12.2. The Morgan fingerprint density at radius 1 is 0.792 bits per heavy atom. The molecule has 1 fully saturated rings. The van der Waals surface area contributed by atoms with Crippen molar-refractivity contribution < 1.29 is 39.3 Å². The molecule has 1 heterocycles. The number of rotatable bonds is 14. The minimum Gasteiger partial charge on any atom is -0.478 e. The molecule has 0 spiro atoms. The van der Waals surface area contributed by atoms with E-state index in [0.29, 0.717) is 25.1 Å². The summed E-state index contributed by atoms with van der Waals surface area (Å²) < 4.78 is 13.0. The molecule has 0 bridgehead atoms. The monoisotopic (exact) mass is 670 g/mol. The third-order valence-electron chi connectivity index (χ3n) is 8.02. The number of aliphatic hydroxyl groups is 1. The molecule has 0 saturated carbocycles. The average Bonchev–Trinajstić information content (AvgIpc) is 3.13. The number of hydrogen-bond donors (Lipinski definition) is 5. The highest BCUT2D eigenvalue weighted by Gasteiger charge is 2.32. The first-order valence-electron chi connectivity index (χ1n) is 15.7. The van der Waals surface area contributed by atoms with Gasteiger partial charge in [-0.05, 0) is 64.6 Å². The summed E-state index contributed by atoms with van der Waals surface area (Å²) in [5.41, 5.74) is 7.42. The van der Waals surface area contributed by atoms with Crippen molar-refractivity contribution in [3.05, 3.63) is 125 Å². The fourth-order valence-electron chi connectivity index (χ4n) is 5.35. The standard InChI is InChI=1S/C37H38N2O8S/c40-22-24-7-9-27(10-8-24)33-20-31(23-48-32-17-15-28(16-18-32)36(43)44)46-37(47-33)29-13-11-26(12-14-29)30-4-1-3-25(19-30)21-38-34(41)5-2-6-35(42)39-45/h1,3-4,7-19,31,33,37,40,45H,2,5-6,20-23H2,(H,38,41)(H,39,42)(H,43,44). The Hall–Kier alpha value is -4.52. The van der Waals surface area contributed by atoms with E-state index in [1.807, 2.05) is 72.8 Å². The Kier molecular flexibility index (Phi) is 12.4. The lowest BCUT2D eigenvalue weighted by molar-refractivity contribution is -0.245. The molecule has 0 aromatic heterocycles. The van der Waals surface area contributed by atoms with Crippen LogP contribution in [0.5, 0.6) is 0 Å². The molecule has 250 valence electrons. The fraction of sp³-hybridized carbons (Fsp3) is 0.270. The van der Waals surface area contributed by atoms with Crippen LogP contribution in [0.2, 0.25) is 0 Å². The SMILES string of the molecule is O=C(CCCC(=O)NCc1cccc(-c2ccc(C3OC(CSc4ccc(C(=O)O)cc4)CC(c4ccc(CO)cc4)O3)cc2)c1)NO. The largest absolute Gasteiger partial charge is 0.478 e. The predicted molar refractivity (Wildman–Crippen MR) is 180 cm³/mol. The number of carboxylic acid groups (broad SMARTS) is 1. The summed E-state index contributed by atoms with van der Waals surface area (Å²) in [7, 11) is 0. The molecule has 10 nitrogen and oxygen atoms in total. The van der Waals surface area contributed by atoms with Crippen LogP contribution in [-0.4, -0.2) is 45.1 Å². The molecule has 0 radical (unpaired) electrons. The molecule has 5 N–H and O–H groups in total. The van der Waals surface area contributed by atoms with Crippen molar-refractivity contribution in [1.29, 1.82) is 0 Å². The minimum atomic E-state index is -0.958. The van der Waals surface area contributed by atoms with Crippen LogP contribution in [0.3, 0.4) is 0 Å². The summed E-state index contributed by atoms with van der Waals surface area (Å²) in [4.78, 5) is 35.5. The molecule has 1 aliphatic rings. The number of carboxylic acids is 1. The number of thioether (sulfide) groups is 1. The van der Waals surface area contributed by atoms with Gasteiger partial charge in [0.1, 0.15) is 0 Å². The molecule has 0 aliphatic carbocycles. The number of amides is 2. The smallest absolute Gasteiger partial charge is 0.335 e. The van der Waals surface area contributed by atoms with E-state index in [-0.39, 0.29) is 43.1 Å². The second-order valence-electron chi connectivity index (χ2n) is 11.5. The number of carbonyl (C=O) groups excluding carboxylic acids is 2. The van der Waals surface area contributed by atoms with Crippen LogP contribution in [-0.2, 0) is 32.2 Å². The van der Waals surface area contributed by atoms with E-state index in [9.17, 15) is 24.6 Å². The number of aromatic carboxylic acids is 1. The lowest BCUT2D eigenvalue weighted by Gasteiger charge is -2.36. The van der Waals surface area contributed by atoms with Gasteiger partial charge in [-0.25, -0.2) is 10.3 Å². The summed E-state index contributed by atoms with van der Waals surface area (Å²) in [5, 5.41) is 30.2. The van der Waals surface area contributed by atoms with E-state index < -0.39 is 18.2 Å². The molecular formula is C37H38N2O8S. The average molecular weight is 671 g/mol. The Balaban J connectivity index is 1.25. The van der Waals surface area contributed by atoms with Crippen molar-refractivity contribution in [2.24, 2.45) is 0 Å². The third-order valence-corrected chi connectivity index (χ3v) is 9.16. The van der Waals surface area contributed by atoms with Gasteiger partial charge in [0, 0.05) is 42.0 Å². The zero-order chi connectivity index (χ0) is 33.9. The lowest BCUT2D eigenvalue weighted by Crippen LogP contribution is -2.31. The van der Waals surface area contributed by atoms with Crippen molar-refractivity contribution in [3.63, 3.8) is 0 Å². The van der Waals surface area contributed by atoms with Crippen molar-refractivity contribution in [2.45, 2.75) is 62.2 Å². The van der Waals surface area contributed by atoms with Gasteiger partial charge in [0.15, 0.2) is 6.29 Å². The summed E-state index contributed by atoms with van der Waals surface area (Å²) in [6, 6.07) is 30.4. The zero-order valence-corrected chi connectivity index (χ0v) is 27.0. The van der Waals surface area contributed by atoms with E-state index in [1.54, 1.807) is 41.5 Å². The van der Waals surface area contributed by atoms with E-state index >= 15 is 0 Å². The summed E-state index contributed by atoms with van der Waals surface area (Å²) >= 11 is 1.60. The summed E-state index contributed by atoms with van der Waals surface area (Å²) in [5.74, 6) is -0.993. The topological polar surface area (TPSA) is 154 Å². The Labute approximate surface area is 283 Å². The second-order valence-corrected chi connectivity index (χ2v) is 12.6. The van der Waals surface area contributed by atoms with E-state index in [2.05, 4.69) is 5.32 Å². The molecule has 11 heteroatoms. The van der Waals surface area contributed by atoms with Crippen molar-refractivity contribution in [1.82, 2.24) is 10.8 Å². The van der Waals surface area contributed by atoms with Gasteiger partial charge in [0.25, 0.3) is 0 Å². The molecule has 3 atom stereocenters. The number of benzene rings is 4. The summed E-state index contributed by atoms with van der Waals surface area (Å²) in [6.45, 7) is 0.319. The molecule has 4 aromatic rings. The first kappa shape index (κ1) is 34.8. The summed E-state index contributed by atoms with van der Waals surface area (Å²) in [6.07, 6.45) is 0.263. The van der Waals surface area contributed by atoms with E-state index in [0.717, 1.165) is 38.3 Å². The van der Waals surface area contributed by atoms with Crippen molar-refractivity contribution in [3.8, 4) is 11.1 Å². The van der Waals surface area contributed by atoms with Gasteiger partial charge in [-0.15, -0.1) is 11.8 Å². The molecule has 4 aromatic carbocycles. The van der Waals surface area contributed by atoms with Gasteiger partial charge in [-0.1, -0.05) is 66.7 Å². The van der Waals surface area contributed by atoms with Gasteiger partial charge in [-0.3, -0.25) is 14.8 Å². The van der Waals surface area contributed by atoms with Gasteiger partial charge in [0.05, 0.1) is 24.4 Å². The van der Waals surface area contributed by atoms with Crippen LogP contribution in [0, 0.1) is 0 Å². The molecule has 1 saturated heterocycles. The number of aliphatic hydroxyl groups excluding tert-OH is 1. The molecule has 3 unspecified atom stereocenters. The highest BCUT2D eigenvalue weighted by Crippen LogP contribution is 2.40. The van der Waals surface area contributed by atoms with Crippen LogP contribution in [0.15, 0.2) is 102 Å². The normalized spacial score (nSPS) is 17.4. The van der Waals surface area contributed by atoms with Gasteiger partial charge >= 0.3 is 5.97 Å². The number of carbonyl (C=O) groups is 3. The van der Waals surface area contributed by atoms with Gasteiger partial charge < -0.3 is 25.0 Å². The second kappa shape index (κ2) is 17.0. The lowest BCUT2D eigenvalue weighted by atomic mass is 9.99. The maximum absolute atomic E-state index is 12.2. The van der Waals surface area contributed by atoms with Crippen molar-refractivity contribution in [2.75, 3.05) is 5.75 Å². The number of hydrogen-bond acceptors (Lipinski definition) is 8. The number of nitrogens with one attached hydrogen (secondary N) is 2. The quantitative estimate of drug-likeness (QED) is 0.0602. The maximum Gasteiger partial charge on any atom is 0.335 e. The minimum absolute atomic E-state index is 0.0330. The van der Waals surface area contributed by atoms with Crippen LogP contribution >= 0.6 is 11.8 Å². The molecular weight excluding hydrogens is 632 g/mol. The molecule has 5 rings (SSSR count). The Morgan fingerprint density at radius 3 is 2.19 bits per heavy atom. The van der Waals surface area contributed by atoms with Gasteiger partial charge in [0.2, 0.25) is 11.8 Å². The van der Waals surface area contributed by atoms with E-state index in [4.69, 9.17) is 14.7 Å². The van der Waals surface area contributed by atoms with Gasteiger partial charge in [-0.2, -0.15) is 0 Å². The molecule has 1 aliphatic heterocycles. The zero-order valence-electron chi connectivity index (χ0n) is 26.2. The van der Waals surface area contributed by atoms with E-state index in [1.165, 1.54) is 0 Å². The Morgan fingerprint density at radius 2 is 1.50 bits per heavy atom. The number of hydroxylamine groups is 1. The van der Waals surface area contributed by atoms with Crippen LogP contribution in [0.25, 0.3) is 11.1 Å². The first-order valence-corrected chi connectivity index (χ1v) is 16.7. The van der Waals surface area contributed by atoms with Crippen molar-refractivity contribution >= 4 is 29.5 Å². The number of ether oxygens (including phenoxy) is 2. The molecule has 48 heavy (non-hydrogen) atoms. The highest BCUT2D eigenvalue weighted by atomic mass is 32.2. The highest BCUT2D eigenvalue weighted by molar-refractivity contribution is 7.99. The molecule has 2 amide bonds. The fourth-order valence-corrected chi connectivity index (χ4v) is 6.28. The third kappa shape index (κ3) is 9.75. The van der Waals surface area contributed by atoms with Crippen LogP contribution < -0.4 is 10.8 Å². The predicted octanol–water partition coefficient (Wildman–Crippen LogP) is 6.17. The van der Waals surface area contributed by atoms with Crippen LogP contribution in [0.4, 0.5) is 0 Å². The first-order chi connectivity index (χ1) is 23.3. The van der Waals surface area contributed by atoms with Crippen LogP contribution in [0.1, 0.15) is 70.7 Å².